The third-order valence-electron chi connectivity index (χ3n) is 6.50. The number of nitrogens with one attached hydrogen (secondary N) is 2. The Morgan fingerprint density at radius 2 is 1.85 bits per heavy atom. The zero-order valence-corrected chi connectivity index (χ0v) is 20.1. The van der Waals surface area contributed by atoms with Crippen LogP contribution in [0, 0.1) is 5.92 Å². The zero-order valence-electron chi connectivity index (χ0n) is 19.3. The van der Waals surface area contributed by atoms with E-state index in [2.05, 4.69) is 17.7 Å². The number of amides is 1. The van der Waals surface area contributed by atoms with Gasteiger partial charge in [-0.15, -0.1) is 0 Å². The number of hydrogen-bond acceptors (Lipinski definition) is 5. The SMILES string of the molecule is CCCCC1C(C(=O)NCCOC)(c2ccc(Cl)cc2)NN(c2ccccc2)C1(C)C(=O)O. The molecule has 7 nitrogen and oxygen atoms in total. The van der Waals surface area contributed by atoms with Gasteiger partial charge in [-0.05, 0) is 43.2 Å². The van der Waals surface area contributed by atoms with Crippen LogP contribution in [0.1, 0.15) is 38.7 Å². The lowest BCUT2D eigenvalue weighted by Gasteiger charge is -2.37. The van der Waals surface area contributed by atoms with Crippen molar-refractivity contribution >= 4 is 29.2 Å². The molecule has 3 rings (SSSR count). The Bertz CT molecular complexity index is 956. The Hall–Kier alpha value is -2.61. The molecule has 1 aliphatic heterocycles. The third kappa shape index (κ3) is 4.58. The minimum absolute atomic E-state index is 0.297. The van der Waals surface area contributed by atoms with Crippen LogP contribution in [0.5, 0.6) is 0 Å². The number of hydrazine groups is 1. The predicted octanol–water partition coefficient (Wildman–Crippen LogP) is 3.97. The number of carbonyl (C=O) groups excluding carboxylic acids is 1. The average Bonchev–Trinajstić information content (AvgIpc) is 3.09. The van der Waals surface area contributed by atoms with E-state index in [4.69, 9.17) is 16.3 Å². The van der Waals surface area contributed by atoms with Crippen LogP contribution in [0.3, 0.4) is 0 Å². The number of rotatable bonds is 10. The van der Waals surface area contributed by atoms with E-state index in [-0.39, 0.29) is 5.91 Å². The van der Waals surface area contributed by atoms with Gasteiger partial charge in [0.05, 0.1) is 12.3 Å². The van der Waals surface area contributed by atoms with Crippen molar-refractivity contribution in [3.63, 3.8) is 0 Å². The van der Waals surface area contributed by atoms with Crippen molar-refractivity contribution < 1.29 is 19.4 Å². The highest BCUT2D eigenvalue weighted by molar-refractivity contribution is 6.30. The number of hydrogen-bond donors (Lipinski definition) is 3. The predicted molar refractivity (Wildman–Crippen MR) is 129 cm³/mol. The van der Waals surface area contributed by atoms with Crippen LogP contribution in [0.25, 0.3) is 0 Å². The second-order valence-corrected chi connectivity index (χ2v) is 8.93. The van der Waals surface area contributed by atoms with Gasteiger partial charge in [0, 0.05) is 24.6 Å². The van der Waals surface area contributed by atoms with Crippen LogP contribution in [0.15, 0.2) is 54.6 Å². The van der Waals surface area contributed by atoms with Crippen molar-refractivity contribution in [2.24, 2.45) is 5.92 Å². The maximum Gasteiger partial charge on any atom is 0.331 e. The van der Waals surface area contributed by atoms with Gasteiger partial charge in [-0.25, -0.2) is 10.2 Å². The van der Waals surface area contributed by atoms with Crippen molar-refractivity contribution in [2.45, 2.75) is 44.2 Å². The Labute approximate surface area is 200 Å². The van der Waals surface area contributed by atoms with Gasteiger partial charge in [0.2, 0.25) is 5.91 Å². The maximum atomic E-state index is 13.9. The number of nitrogens with zero attached hydrogens (tertiary/aromatic N) is 1. The van der Waals surface area contributed by atoms with Gasteiger partial charge in [-0.3, -0.25) is 9.80 Å². The normalized spacial score (nSPS) is 24.6. The minimum atomic E-state index is -1.39. The monoisotopic (exact) mass is 473 g/mol. The van der Waals surface area contributed by atoms with Crippen LogP contribution in [0.4, 0.5) is 5.69 Å². The van der Waals surface area contributed by atoms with Gasteiger partial charge in [0.15, 0.2) is 5.54 Å². The van der Waals surface area contributed by atoms with E-state index in [1.165, 1.54) is 0 Å². The van der Waals surface area contributed by atoms with Gasteiger partial charge in [-0.2, -0.15) is 0 Å². The van der Waals surface area contributed by atoms with Crippen LogP contribution >= 0.6 is 11.6 Å². The average molecular weight is 474 g/mol. The molecule has 3 N–H and O–H groups in total. The molecular weight excluding hydrogens is 442 g/mol. The number of methoxy groups -OCH3 is 1. The molecule has 1 aliphatic rings. The molecule has 0 aliphatic carbocycles. The van der Waals surface area contributed by atoms with Crippen LogP contribution in [-0.2, 0) is 19.9 Å². The number of para-hydroxylation sites is 1. The topological polar surface area (TPSA) is 90.9 Å². The number of carboxylic acids is 1. The first-order valence-corrected chi connectivity index (χ1v) is 11.6. The van der Waals surface area contributed by atoms with Crippen molar-refractivity contribution in [1.82, 2.24) is 10.7 Å². The number of halogens is 1. The lowest BCUT2D eigenvalue weighted by atomic mass is 9.68. The lowest BCUT2D eigenvalue weighted by molar-refractivity contribution is -0.145. The summed E-state index contributed by atoms with van der Waals surface area (Å²) in [6, 6.07) is 16.3. The quantitative estimate of drug-likeness (QED) is 0.452. The third-order valence-corrected chi connectivity index (χ3v) is 6.75. The fraction of sp³-hybridized carbons (Fsp3) is 0.440. The van der Waals surface area contributed by atoms with E-state index < -0.39 is 23.0 Å². The fourth-order valence-electron chi connectivity index (χ4n) is 4.73. The highest BCUT2D eigenvalue weighted by atomic mass is 35.5. The van der Waals surface area contributed by atoms with Gasteiger partial charge >= 0.3 is 5.97 Å². The fourth-order valence-corrected chi connectivity index (χ4v) is 4.86. The molecule has 2 aromatic rings. The van der Waals surface area contributed by atoms with Crippen molar-refractivity contribution in [2.75, 3.05) is 25.3 Å². The summed E-state index contributed by atoms with van der Waals surface area (Å²) in [6.45, 7) is 4.40. The van der Waals surface area contributed by atoms with E-state index in [0.717, 1.165) is 12.8 Å². The molecule has 2 aromatic carbocycles. The van der Waals surface area contributed by atoms with E-state index in [1.54, 1.807) is 43.3 Å². The largest absolute Gasteiger partial charge is 0.479 e. The molecule has 33 heavy (non-hydrogen) atoms. The second kappa shape index (κ2) is 10.5. The van der Waals surface area contributed by atoms with Crippen molar-refractivity contribution in [1.29, 1.82) is 0 Å². The van der Waals surface area contributed by atoms with E-state index in [9.17, 15) is 14.7 Å². The number of carbonyl (C=O) groups is 2. The summed E-state index contributed by atoms with van der Waals surface area (Å²) in [4.78, 5) is 26.8. The Morgan fingerprint density at radius 3 is 2.42 bits per heavy atom. The first kappa shape index (κ1) is 25.0. The summed E-state index contributed by atoms with van der Waals surface area (Å²) < 4.78 is 5.11. The number of aliphatic carboxylic acids is 1. The molecule has 1 amide bonds. The summed E-state index contributed by atoms with van der Waals surface area (Å²) in [5.41, 5.74) is 1.99. The molecule has 1 fully saturated rings. The van der Waals surface area contributed by atoms with Crippen molar-refractivity contribution in [3.05, 3.63) is 65.2 Å². The number of unbranched alkanes of at least 4 members (excludes halogenated alkanes) is 1. The highest BCUT2D eigenvalue weighted by Crippen LogP contribution is 2.50. The number of anilines is 1. The van der Waals surface area contributed by atoms with Crippen LogP contribution in [0.2, 0.25) is 5.02 Å². The molecule has 3 atom stereocenters. The summed E-state index contributed by atoms with van der Waals surface area (Å²) in [5.74, 6) is -1.87. The van der Waals surface area contributed by atoms with Gasteiger partial charge < -0.3 is 15.2 Å². The summed E-state index contributed by atoms with van der Waals surface area (Å²) in [7, 11) is 1.57. The van der Waals surface area contributed by atoms with E-state index >= 15 is 0 Å². The minimum Gasteiger partial charge on any atom is -0.479 e. The number of ether oxygens (including phenoxy) is 1. The summed E-state index contributed by atoms with van der Waals surface area (Å²) in [6.07, 6.45) is 2.19. The zero-order chi connectivity index (χ0) is 24.1. The molecule has 1 saturated heterocycles. The van der Waals surface area contributed by atoms with Crippen molar-refractivity contribution in [3.8, 4) is 0 Å². The van der Waals surface area contributed by atoms with Gasteiger partial charge in [-0.1, -0.05) is 61.7 Å². The molecule has 178 valence electrons. The molecule has 0 radical (unpaired) electrons. The maximum absolute atomic E-state index is 13.9. The Kier molecular flexibility index (Phi) is 8.00. The molecule has 0 aromatic heterocycles. The molecule has 1 heterocycles. The highest BCUT2D eigenvalue weighted by Gasteiger charge is 2.66. The second-order valence-electron chi connectivity index (χ2n) is 8.49. The molecule has 0 saturated carbocycles. The first-order valence-electron chi connectivity index (χ1n) is 11.2. The molecule has 0 bridgehead atoms. The first-order chi connectivity index (χ1) is 15.8. The molecular formula is C25H32ClN3O4. The number of benzene rings is 2. The van der Waals surface area contributed by atoms with E-state index in [1.807, 2.05) is 30.3 Å². The summed E-state index contributed by atoms with van der Waals surface area (Å²) in [5, 5.41) is 15.7. The lowest BCUT2D eigenvalue weighted by Crippen LogP contribution is -2.57. The number of carboxylic acid groups (broad SMARTS) is 1. The standard InChI is InChI=1S/C25H32ClN3O4/c1-4-5-11-21-24(2,23(31)32)29(20-9-7-6-8-10-20)28-25(21,22(30)27-16-17-33-3)18-12-14-19(26)15-13-18/h6-10,12-15,21,28H,4-5,11,16-17H2,1-3H3,(H,27,30)(H,31,32). The Morgan fingerprint density at radius 1 is 1.18 bits per heavy atom. The Balaban J connectivity index is 2.24. The van der Waals surface area contributed by atoms with Gasteiger partial charge in [0.1, 0.15) is 5.54 Å². The van der Waals surface area contributed by atoms with E-state index in [0.29, 0.717) is 35.8 Å². The molecule has 3 unspecified atom stereocenters. The molecule has 0 spiro atoms. The summed E-state index contributed by atoms with van der Waals surface area (Å²) >= 11 is 6.15. The smallest absolute Gasteiger partial charge is 0.331 e. The van der Waals surface area contributed by atoms with Gasteiger partial charge in [0.25, 0.3) is 0 Å². The molecule has 8 heteroatoms. The van der Waals surface area contributed by atoms with Crippen LogP contribution < -0.4 is 15.8 Å². The van der Waals surface area contributed by atoms with Crippen LogP contribution in [-0.4, -0.2) is 42.8 Å².